The Labute approximate surface area is 208 Å². The van der Waals surface area contributed by atoms with E-state index in [-0.39, 0.29) is 12.2 Å². The number of benzene rings is 2. The molecule has 2 aromatic carbocycles. The van der Waals surface area contributed by atoms with Crippen LogP contribution in [0.4, 0.5) is 0 Å². The fourth-order valence-corrected chi connectivity index (χ4v) is 4.60. The number of aliphatic hydroxyl groups excluding tert-OH is 2. The molecule has 35 heavy (non-hydrogen) atoms. The molecule has 0 aliphatic carbocycles. The van der Waals surface area contributed by atoms with Gasteiger partial charge in [0.1, 0.15) is 23.7 Å². The van der Waals surface area contributed by atoms with Gasteiger partial charge in [0.25, 0.3) is 0 Å². The lowest BCUT2D eigenvalue weighted by Crippen LogP contribution is -2.51. The van der Waals surface area contributed by atoms with Crippen molar-refractivity contribution in [2.75, 3.05) is 6.61 Å². The molecule has 0 saturated carbocycles. The quantitative estimate of drug-likeness (QED) is 0.432. The first kappa shape index (κ1) is 25.2. The predicted molar refractivity (Wildman–Crippen MR) is 130 cm³/mol. The van der Waals surface area contributed by atoms with Crippen molar-refractivity contribution in [1.82, 2.24) is 9.78 Å². The summed E-state index contributed by atoms with van der Waals surface area (Å²) >= 11 is 6.48. The van der Waals surface area contributed by atoms with Gasteiger partial charge in [-0.2, -0.15) is 5.10 Å². The molecule has 1 aliphatic heterocycles. The van der Waals surface area contributed by atoms with Gasteiger partial charge in [-0.25, -0.2) is 4.79 Å². The number of halogens is 1. The van der Waals surface area contributed by atoms with Crippen molar-refractivity contribution in [2.24, 2.45) is 5.92 Å². The van der Waals surface area contributed by atoms with Gasteiger partial charge in [0.15, 0.2) is 0 Å². The van der Waals surface area contributed by atoms with E-state index in [0.717, 1.165) is 16.9 Å². The van der Waals surface area contributed by atoms with E-state index in [1.807, 2.05) is 37.3 Å². The van der Waals surface area contributed by atoms with Crippen LogP contribution in [0, 0.1) is 5.92 Å². The van der Waals surface area contributed by atoms with Crippen LogP contribution in [0.5, 0.6) is 5.75 Å². The molecule has 5 atom stereocenters. The Morgan fingerprint density at radius 2 is 1.89 bits per heavy atom. The summed E-state index contributed by atoms with van der Waals surface area (Å²) in [6.07, 6.45) is -1.62. The third-order valence-corrected chi connectivity index (χ3v) is 6.79. The summed E-state index contributed by atoms with van der Waals surface area (Å²) in [5.74, 6) is -0.741. The average molecular weight is 501 g/mol. The summed E-state index contributed by atoms with van der Waals surface area (Å²) < 4.78 is 13.1. The van der Waals surface area contributed by atoms with Gasteiger partial charge in [0.05, 0.1) is 25.4 Å². The van der Waals surface area contributed by atoms with Crippen LogP contribution < -0.4 is 4.74 Å². The van der Waals surface area contributed by atoms with E-state index in [1.54, 1.807) is 19.1 Å². The Balaban J connectivity index is 1.56. The molecule has 2 heterocycles. The fourth-order valence-electron chi connectivity index (χ4n) is 4.42. The molecule has 1 saturated heterocycles. The van der Waals surface area contributed by atoms with E-state index in [4.69, 9.17) is 21.1 Å². The lowest BCUT2D eigenvalue weighted by molar-refractivity contribution is -0.202. The summed E-state index contributed by atoms with van der Waals surface area (Å²) in [6.45, 7) is 4.42. The second-order valence-corrected chi connectivity index (χ2v) is 9.15. The van der Waals surface area contributed by atoms with Crippen LogP contribution in [0.15, 0.2) is 54.7 Å². The normalized spacial score (nSPS) is 24.3. The number of hydrogen-bond donors (Lipinski definition) is 3. The predicted octanol–water partition coefficient (Wildman–Crippen LogP) is 3.72. The number of carbonyl (C=O) groups is 1. The summed E-state index contributed by atoms with van der Waals surface area (Å²) in [7, 11) is 0. The molecule has 0 spiro atoms. The van der Waals surface area contributed by atoms with Crippen LogP contribution in [0.25, 0.3) is 0 Å². The van der Waals surface area contributed by atoms with E-state index >= 15 is 0 Å². The lowest BCUT2D eigenvalue weighted by atomic mass is 9.85. The van der Waals surface area contributed by atoms with Crippen LogP contribution >= 0.6 is 11.6 Å². The van der Waals surface area contributed by atoms with Crippen molar-refractivity contribution in [3.05, 3.63) is 82.1 Å². The van der Waals surface area contributed by atoms with Crippen LogP contribution in [0.1, 0.15) is 47.1 Å². The summed E-state index contributed by atoms with van der Waals surface area (Å²) in [5.41, 5.74) is 2.61. The van der Waals surface area contributed by atoms with Crippen LogP contribution in [0.2, 0.25) is 5.02 Å². The first-order valence-electron chi connectivity index (χ1n) is 11.5. The largest absolute Gasteiger partial charge is 0.494 e. The minimum atomic E-state index is -1.16. The van der Waals surface area contributed by atoms with E-state index in [2.05, 4.69) is 5.10 Å². The minimum absolute atomic E-state index is 0.0297. The molecule has 0 unspecified atom stereocenters. The summed E-state index contributed by atoms with van der Waals surface area (Å²) in [4.78, 5) is 11.5. The van der Waals surface area contributed by atoms with Gasteiger partial charge in [-0.3, -0.25) is 4.68 Å². The second kappa shape index (κ2) is 10.8. The first-order chi connectivity index (χ1) is 16.8. The molecular formula is C26H29ClN2O6. The average Bonchev–Trinajstić information content (AvgIpc) is 3.31. The highest BCUT2D eigenvalue weighted by Gasteiger charge is 2.43. The highest BCUT2D eigenvalue weighted by molar-refractivity contribution is 6.31. The number of nitrogens with zero attached hydrogens (tertiary/aromatic N) is 2. The highest BCUT2D eigenvalue weighted by atomic mass is 35.5. The topological polar surface area (TPSA) is 114 Å². The SMILES string of the molecule is CCOc1ccc(Cc2cc([C@@H]3O[C@H](Cn4nccc4C(=O)O)[C@@H](C)[C@H](O)[C@H]3O)ccc2Cl)cc1. The molecular weight excluding hydrogens is 472 g/mol. The number of carboxylic acids is 1. The maximum absolute atomic E-state index is 11.5. The smallest absolute Gasteiger partial charge is 0.354 e. The van der Waals surface area contributed by atoms with Crippen molar-refractivity contribution in [2.45, 2.75) is 51.2 Å². The highest BCUT2D eigenvalue weighted by Crippen LogP contribution is 2.37. The van der Waals surface area contributed by atoms with Gasteiger partial charge in [-0.1, -0.05) is 42.8 Å². The van der Waals surface area contributed by atoms with E-state index in [0.29, 0.717) is 23.6 Å². The molecule has 1 fully saturated rings. The van der Waals surface area contributed by atoms with Crippen molar-refractivity contribution in [1.29, 1.82) is 0 Å². The van der Waals surface area contributed by atoms with Crippen molar-refractivity contribution < 1.29 is 29.6 Å². The van der Waals surface area contributed by atoms with Crippen LogP contribution in [-0.4, -0.2) is 56.0 Å². The molecule has 3 aromatic rings. The van der Waals surface area contributed by atoms with Gasteiger partial charge in [-0.05, 0) is 54.3 Å². The van der Waals surface area contributed by atoms with Crippen molar-refractivity contribution >= 4 is 17.6 Å². The number of ether oxygens (including phenoxy) is 2. The Bertz CT molecular complexity index is 1160. The van der Waals surface area contributed by atoms with E-state index in [1.165, 1.54) is 16.9 Å². The third-order valence-electron chi connectivity index (χ3n) is 6.42. The molecule has 0 amide bonds. The van der Waals surface area contributed by atoms with Gasteiger partial charge >= 0.3 is 5.97 Å². The molecule has 8 nitrogen and oxygen atoms in total. The molecule has 3 N–H and O–H groups in total. The fraction of sp³-hybridized carbons (Fsp3) is 0.385. The Morgan fingerprint density at radius 3 is 2.57 bits per heavy atom. The number of aliphatic hydroxyl groups is 2. The Kier molecular flexibility index (Phi) is 7.76. The molecule has 1 aromatic heterocycles. The van der Waals surface area contributed by atoms with Gasteiger partial charge in [0.2, 0.25) is 0 Å². The van der Waals surface area contributed by atoms with Gasteiger partial charge < -0.3 is 24.8 Å². The molecule has 186 valence electrons. The molecule has 0 bridgehead atoms. The molecule has 1 aliphatic rings. The number of rotatable bonds is 8. The van der Waals surface area contributed by atoms with Crippen molar-refractivity contribution in [3.8, 4) is 5.75 Å². The second-order valence-electron chi connectivity index (χ2n) is 8.74. The Morgan fingerprint density at radius 1 is 1.14 bits per heavy atom. The van der Waals surface area contributed by atoms with Crippen LogP contribution in [-0.2, 0) is 17.7 Å². The number of aromatic carboxylic acids is 1. The zero-order chi connectivity index (χ0) is 25.1. The summed E-state index contributed by atoms with van der Waals surface area (Å²) in [5, 5.41) is 35.7. The van der Waals surface area contributed by atoms with E-state index in [9.17, 15) is 20.1 Å². The number of hydrogen-bond acceptors (Lipinski definition) is 6. The standard InChI is InChI=1S/C26H29ClN2O6/c1-3-34-19-7-4-16(5-8-19)12-18-13-17(6-9-20(18)27)25-24(31)23(30)15(2)22(35-25)14-29-21(26(32)33)10-11-28-29/h4-11,13,15,22-25,30-31H,3,12,14H2,1-2H3,(H,32,33)/t15-,22-,23+,24-,25+/m1/s1. The monoisotopic (exact) mass is 500 g/mol. The first-order valence-corrected chi connectivity index (χ1v) is 11.9. The zero-order valence-corrected chi connectivity index (χ0v) is 20.3. The zero-order valence-electron chi connectivity index (χ0n) is 19.5. The number of aromatic nitrogens is 2. The summed E-state index contributed by atoms with van der Waals surface area (Å²) in [6, 6.07) is 14.6. The molecule has 9 heteroatoms. The minimum Gasteiger partial charge on any atom is -0.494 e. The van der Waals surface area contributed by atoms with Crippen LogP contribution in [0.3, 0.4) is 0 Å². The molecule has 4 rings (SSSR count). The maximum atomic E-state index is 11.5. The van der Waals surface area contributed by atoms with Gasteiger partial charge in [0, 0.05) is 17.1 Å². The van der Waals surface area contributed by atoms with Crippen molar-refractivity contribution in [3.63, 3.8) is 0 Å². The van der Waals surface area contributed by atoms with E-state index < -0.39 is 36.3 Å². The maximum Gasteiger partial charge on any atom is 0.354 e. The third kappa shape index (κ3) is 5.51. The Hall–Kier alpha value is -2.91. The number of carboxylic acid groups (broad SMARTS) is 1. The molecule has 0 radical (unpaired) electrons. The van der Waals surface area contributed by atoms with Gasteiger partial charge in [-0.15, -0.1) is 0 Å². The lowest BCUT2D eigenvalue weighted by Gasteiger charge is -2.42.